The molecule has 1 unspecified atom stereocenters. The predicted octanol–water partition coefficient (Wildman–Crippen LogP) is 2.99. The molecule has 5 heteroatoms. The molecule has 1 aliphatic carbocycles. The quantitative estimate of drug-likeness (QED) is 0.737. The van der Waals surface area contributed by atoms with Gasteiger partial charge in [0.2, 0.25) is 0 Å². The second-order valence-electron chi connectivity index (χ2n) is 5.74. The number of aliphatic carboxylic acids is 1. The first-order chi connectivity index (χ1) is 9.56. The highest BCUT2D eigenvalue weighted by Gasteiger charge is 2.25. The smallest absolute Gasteiger partial charge is 0.326 e. The van der Waals surface area contributed by atoms with Crippen LogP contribution >= 0.6 is 0 Å². The van der Waals surface area contributed by atoms with Crippen LogP contribution in [0.1, 0.15) is 64.7 Å². The van der Waals surface area contributed by atoms with E-state index in [4.69, 9.17) is 5.11 Å². The summed E-state index contributed by atoms with van der Waals surface area (Å²) in [5.41, 5.74) is 0. The number of carbonyl (C=O) groups is 2. The van der Waals surface area contributed by atoms with E-state index in [0.29, 0.717) is 6.42 Å². The average Bonchev–Trinajstić information content (AvgIpc) is 2.70. The third-order valence-electron chi connectivity index (χ3n) is 4.13. The Morgan fingerprint density at radius 1 is 1.25 bits per heavy atom. The van der Waals surface area contributed by atoms with Crippen LogP contribution in [0.3, 0.4) is 0 Å². The van der Waals surface area contributed by atoms with Crippen molar-refractivity contribution in [1.82, 2.24) is 10.2 Å². The van der Waals surface area contributed by atoms with Gasteiger partial charge in [-0.1, -0.05) is 45.4 Å². The van der Waals surface area contributed by atoms with E-state index < -0.39 is 12.0 Å². The third kappa shape index (κ3) is 5.39. The van der Waals surface area contributed by atoms with Crippen molar-refractivity contribution in [1.29, 1.82) is 0 Å². The predicted molar refractivity (Wildman–Crippen MR) is 78.7 cm³/mol. The summed E-state index contributed by atoms with van der Waals surface area (Å²) in [4.78, 5) is 25.0. The van der Waals surface area contributed by atoms with E-state index in [0.717, 1.165) is 38.5 Å². The summed E-state index contributed by atoms with van der Waals surface area (Å²) in [6, 6.07) is -0.769. The van der Waals surface area contributed by atoms with Gasteiger partial charge in [-0.15, -0.1) is 0 Å². The Morgan fingerprint density at radius 2 is 1.85 bits per heavy atom. The van der Waals surface area contributed by atoms with E-state index in [1.54, 1.807) is 11.9 Å². The molecule has 2 N–H and O–H groups in total. The lowest BCUT2D eigenvalue weighted by atomic mass is 10.1. The number of nitrogens with one attached hydrogen (secondary N) is 1. The van der Waals surface area contributed by atoms with Gasteiger partial charge in [-0.3, -0.25) is 0 Å². The van der Waals surface area contributed by atoms with Crippen molar-refractivity contribution in [2.24, 2.45) is 0 Å². The summed E-state index contributed by atoms with van der Waals surface area (Å²) >= 11 is 0. The molecule has 1 aliphatic rings. The van der Waals surface area contributed by atoms with Gasteiger partial charge in [0.25, 0.3) is 0 Å². The minimum Gasteiger partial charge on any atom is -0.480 e. The fourth-order valence-corrected chi connectivity index (χ4v) is 2.73. The molecular formula is C15H28N2O3. The van der Waals surface area contributed by atoms with E-state index in [-0.39, 0.29) is 12.1 Å². The molecule has 1 fully saturated rings. The van der Waals surface area contributed by atoms with E-state index in [1.165, 1.54) is 12.8 Å². The van der Waals surface area contributed by atoms with Crippen LogP contribution in [0.25, 0.3) is 0 Å². The Kier molecular flexibility index (Phi) is 7.41. The first-order valence-electron chi connectivity index (χ1n) is 7.82. The maximum Gasteiger partial charge on any atom is 0.326 e. The van der Waals surface area contributed by atoms with E-state index in [9.17, 15) is 9.59 Å². The van der Waals surface area contributed by atoms with Crippen molar-refractivity contribution >= 4 is 12.0 Å². The lowest BCUT2D eigenvalue weighted by Crippen LogP contribution is -2.49. The summed E-state index contributed by atoms with van der Waals surface area (Å²) in [5, 5.41) is 11.8. The van der Waals surface area contributed by atoms with Crippen LogP contribution in [-0.2, 0) is 4.79 Å². The van der Waals surface area contributed by atoms with Crippen LogP contribution in [0.4, 0.5) is 4.79 Å². The molecule has 0 bridgehead atoms. The highest BCUT2D eigenvalue weighted by molar-refractivity contribution is 5.82. The number of hydrogen-bond acceptors (Lipinski definition) is 2. The second kappa shape index (κ2) is 8.82. The molecule has 1 rings (SSSR count). The number of urea groups is 1. The van der Waals surface area contributed by atoms with Crippen LogP contribution in [0, 0.1) is 0 Å². The third-order valence-corrected chi connectivity index (χ3v) is 4.13. The van der Waals surface area contributed by atoms with Gasteiger partial charge >= 0.3 is 12.0 Å². The first kappa shape index (κ1) is 16.8. The summed E-state index contributed by atoms with van der Waals surface area (Å²) in [5.74, 6) is -0.943. The molecule has 0 aromatic heterocycles. The molecule has 116 valence electrons. The number of carboxylic acids is 1. The van der Waals surface area contributed by atoms with Crippen molar-refractivity contribution in [2.75, 3.05) is 7.05 Å². The van der Waals surface area contributed by atoms with Gasteiger partial charge in [-0.05, 0) is 19.3 Å². The van der Waals surface area contributed by atoms with Gasteiger partial charge in [0, 0.05) is 13.1 Å². The minimum absolute atomic E-state index is 0.248. The van der Waals surface area contributed by atoms with Crippen LogP contribution in [0.15, 0.2) is 0 Å². The largest absolute Gasteiger partial charge is 0.480 e. The van der Waals surface area contributed by atoms with Gasteiger partial charge in [0.15, 0.2) is 0 Å². The van der Waals surface area contributed by atoms with E-state index in [2.05, 4.69) is 5.32 Å². The maximum absolute atomic E-state index is 12.2. The maximum atomic E-state index is 12.2. The number of carbonyl (C=O) groups excluding carboxylic acids is 1. The number of unbranched alkanes of at least 4 members (excludes halogenated alkanes) is 1. The zero-order valence-electron chi connectivity index (χ0n) is 12.7. The molecule has 5 nitrogen and oxygen atoms in total. The van der Waals surface area contributed by atoms with Gasteiger partial charge in [-0.2, -0.15) is 0 Å². The van der Waals surface area contributed by atoms with Crippen LogP contribution in [-0.4, -0.2) is 41.1 Å². The SMILES string of the molecule is CCCCC(NC(=O)N(C)C1CCCCCC1)C(=O)O. The van der Waals surface area contributed by atoms with Crippen LogP contribution in [0.2, 0.25) is 0 Å². The Hall–Kier alpha value is -1.26. The monoisotopic (exact) mass is 284 g/mol. The first-order valence-corrected chi connectivity index (χ1v) is 7.82. The molecule has 20 heavy (non-hydrogen) atoms. The molecule has 1 atom stereocenters. The molecule has 0 spiro atoms. The standard InChI is InChI=1S/C15H28N2O3/c1-3-4-11-13(14(18)19)16-15(20)17(2)12-9-7-5-6-8-10-12/h12-13H,3-11H2,1-2H3,(H,16,20)(H,18,19). The molecular weight excluding hydrogens is 256 g/mol. The lowest BCUT2D eigenvalue weighted by Gasteiger charge is -2.28. The molecule has 0 aromatic carbocycles. The van der Waals surface area contributed by atoms with Gasteiger partial charge in [-0.25, -0.2) is 9.59 Å². The summed E-state index contributed by atoms with van der Waals surface area (Å²) in [6.07, 6.45) is 9.06. The molecule has 0 saturated heterocycles. The van der Waals surface area contributed by atoms with Crippen molar-refractivity contribution < 1.29 is 14.7 Å². The zero-order valence-corrected chi connectivity index (χ0v) is 12.7. The van der Waals surface area contributed by atoms with Crippen LogP contribution < -0.4 is 5.32 Å². The molecule has 0 aromatic rings. The number of hydrogen-bond donors (Lipinski definition) is 2. The summed E-state index contributed by atoms with van der Waals surface area (Å²) in [6.45, 7) is 2.01. The number of nitrogens with zero attached hydrogens (tertiary/aromatic N) is 1. The van der Waals surface area contributed by atoms with Crippen molar-refractivity contribution in [2.45, 2.75) is 76.8 Å². The van der Waals surface area contributed by atoms with Crippen molar-refractivity contribution in [3.63, 3.8) is 0 Å². The highest BCUT2D eigenvalue weighted by Crippen LogP contribution is 2.21. The zero-order chi connectivity index (χ0) is 15.0. The molecule has 0 heterocycles. The minimum atomic E-state index is -0.943. The molecule has 2 amide bonds. The Bertz CT molecular complexity index is 312. The number of rotatable bonds is 6. The lowest BCUT2D eigenvalue weighted by molar-refractivity contribution is -0.139. The second-order valence-corrected chi connectivity index (χ2v) is 5.74. The Balaban J connectivity index is 2.51. The van der Waals surface area contributed by atoms with Crippen LogP contribution in [0.5, 0.6) is 0 Å². The fourth-order valence-electron chi connectivity index (χ4n) is 2.73. The van der Waals surface area contributed by atoms with Crippen molar-refractivity contribution in [3.05, 3.63) is 0 Å². The molecule has 0 aliphatic heterocycles. The van der Waals surface area contributed by atoms with Gasteiger partial charge < -0.3 is 15.3 Å². The van der Waals surface area contributed by atoms with Crippen molar-refractivity contribution in [3.8, 4) is 0 Å². The Morgan fingerprint density at radius 3 is 2.35 bits per heavy atom. The van der Waals surface area contributed by atoms with Gasteiger partial charge in [0.05, 0.1) is 0 Å². The van der Waals surface area contributed by atoms with E-state index >= 15 is 0 Å². The fraction of sp³-hybridized carbons (Fsp3) is 0.867. The highest BCUT2D eigenvalue weighted by atomic mass is 16.4. The average molecular weight is 284 g/mol. The summed E-state index contributed by atoms with van der Waals surface area (Å²) in [7, 11) is 1.78. The normalized spacial score (nSPS) is 18.1. The summed E-state index contributed by atoms with van der Waals surface area (Å²) < 4.78 is 0. The molecule has 1 saturated carbocycles. The number of amides is 2. The van der Waals surface area contributed by atoms with E-state index in [1.807, 2.05) is 6.92 Å². The topological polar surface area (TPSA) is 69.6 Å². The molecule has 0 radical (unpaired) electrons. The Labute approximate surface area is 121 Å². The number of carboxylic acid groups (broad SMARTS) is 1. The van der Waals surface area contributed by atoms with Gasteiger partial charge in [0.1, 0.15) is 6.04 Å².